The van der Waals surface area contributed by atoms with E-state index in [1.807, 2.05) is 6.08 Å². The Morgan fingerprint density at radius 1 is 0.481 bits per heavy atom. The summed E-state index contributed by atoms with van der Waals surface area (Å²) in [5.41, 5.74) is 0. The number of esters is 1. The van der Waals surface area contributed by atoms with Gasteiger partial charge in [-0.25, -0.2) is 0 Å². The van der Waals surface area contributed by atoms with Crippen molar-refractivity contribution in [2.75, 3.05) is 13.2 Å². The summed E-state index contributed by atoms with van der Waals surface area (Å²) in [4.78, 5) is 26.6. The normalized spacial score (nSPS) is 19.1. The van der Waals surface area contributed by atoms with E-state index in [0.717, 1.165) is 96.3 Å². The Labute approximate surface area is 496 Å². The highest BCUT2D eigenvalue weighted by Crippen LogP contribution is 2.26. The van der Waals surface area contributed by atoms with Crippen LogP contribution in [0.2, 0.25) is 0 Å². The van der Waals surface area contributed by atoms with Gasteiger partial charge < -0.3 is 45.1 Å². The molecule has 1 aliphatic rings. The third-order valence-corrected chi connectivity index (χ3v) is 15.6. The molecule has 0 spiro atoms. The monoisotopic (exact) mass is 1140 g/mol. The molecule has 0 bridgehead atoms. The maximum Gasteiger partial charge on any atom is 0.306 e. The van der Waals surface area contributed by atoms with E-state index < -0.39 is 67.4 Å². The minimum Gasteiger partial charge on any atom is -0.454 e. The number of rotatable bonds is 57. The molecule has 1 amide bonds. The number of nitrogens with one attached hydrogen (secondary N) is 1. The molecule has 8 atom stereocenters. The van der Waals surface area contributed by atoms with E-state index in [4.69, 9.17) is 14.2 Å². The first-order valence-corrected chi connectivity index (χ1v) is 33.7. The van der Waals surface area contributed by atoms with Crippen LogP contribution in [0.1, 0.15) is 297 Å². The Hall–Kier alpha value is -2.90. The van der Waals surface area contributed by atoms with Crippen LogP contribution in [0.15, 0.2) is 72.9 Å². The van der Waals surface area contributed by atoms with Gasteiger partial charge in [-0.3, -0.25) is 9.59 Å². The van der Waals surface area contributed by atoms with Gasteiger partial charge in [-0.05, 0) is 96.3 Å². The van der Waals surface area contributed by atoms with Crippen molar-refractivity contribution in [2.24, 2.45) is 0 Å². The Bertz CT molecular complexity index is 1590. The van der Waals surface area contributed by atoms with E-state index in [1.165, 1.54) is 154 Å². The quantitative estimate of drug-likeness (QED) is 0.0195. The second-order valence-corrected chi connectivity index (χ2v) is 23.2. The molecule has 11 heteroatoms. The van der Waals surface area contributed by atoms with Crippen molar-refractivity contribution >= 4 is 11.9 Å². The van der Waals surface area contributed by atoms with Gasteiger partial charge in [0.1, 0.15) is 24.4 Å². The number of hydrogen-bond donors (Lipinski definition) is 6. The molecule has 11 nitrogen and oxygen atoms in total. The molecule has 8 unspecified atom stereocenters. The maximum absolute atomic E-state index is 13.5. The second kappa shape index (κ2) is 57.5. The van der Waals surface area contributed by atoms with E-state index >= 15 is 0 Å². The molecule has 1 heterocycles. The summed E-state index contributed by atoms with van der Waals surface area (Å²) in [5, 5.41) is 57.2. The Balaban J connectivity index is 2.65. The van der Waals surface area contributed by atoms with Crippen molar-refractivity contribution in [1.82, 2.24) is 5.32 Å². The molecular formula is C70H125NO10. The topological polar surface area (TPSA) is 175 Å². The molecular weight excluding hydrogens is 1010 g/mol. The van der Waals surface area contributed by atoms with E-state index in [1.54, 1.807) is 6.08 Å². The lowest BCUT2D eigenvalue weighted by molar-refractivity contribution is -0.305. The van der Waals surface area contributed by atoms with Crippen LogP contribution in [0.3, 0.4) is 0 Å². The summed E-state index contributed by atoms with van der Waals surface area (Å²) in [6.07, 6.45) is 63.5. The first kappa shape index (κ1) is 76.1. The molecule has 0 aromatic carbocycles. The minimum atomic E-state index is -1.62. The number of amides is 1. The molecule has 6 N–H and O–H groups in total. The zero-order chi connectivity index (χ0) is 58.9. The van der Waals surface area contributed by atoms with Gasteiger partial charge in [-0.1, -0.05) is 267 Å². The van der Waals surface area contributed by atoms with Gasteiger partial charge in [0, 0.05) is 6.42 Å². The number of allylic oxidation sites excluding steroid dienone is 11. The van der Waals surface area contributed by atoms with E-state index in [0.29, 0.717) is 12.8 Å². The molecule has 0 aliphatic carbocycles. The Morgan fingerprint density at radius 2 is 0.852 bits per heavy atom. The van der Waals surface area contributed by atoms with Gasteiger partial charge in [-0.2, -0.15) is 0 Å². The van der Waals surface area contributed by atoms with Crippen molar-refractivity contribution in [2.45, 2.75) is 346 Å². The number of hydrogen-bond acceptors (Lipinski definition) is 10. The lowest BCUT2D eigenvalue weighted by Crippen LogP contribution is -2.61. The molecule has 81 heavy (non-hydrogen) atoms. The second-order valence-electron chi connectivity index (χ2n) is 23.2. The number of ether oxygens (including phenoxy) is 3. The van der Waals surface area contributed by atoms with E-state index in [-0.39, 0.29) is 19.4 Å². The summed E-state index contributed by atoms with van der Waals surface area (Å²) in [6.45, 7) is 5.75. The fourth-order valence-electron chi connectivity index (χ4n) is 10.2. The lowest BCUT2D eigenvalue weighted by Gasteiger charge is -2.41. The van der Waals surface area contributed by atoms with E-state index in [2.05, 4.69) is 86.8 Å². The predicted octanol–water partition coefficient (Wildman–Crippen LogP) is 16.7. The van der Waals surface area contributed by atoms with E-state index in [9.17, 15) is 35.1 Å². The third-order valence-electron chi connectivity index (χ3n) is 15.6. The van der Waals surface area contributed by atoms with Crippen molar-refractivity contribution < 1.29 is 49.3 Å². The van der Waals surface area contributed by atoms with Crippen molar-refractivity contribution in [3.63, 3.8) is 0 Å². The predicted molar refractivity (Wildman–Crippen MR) is 338 cm³/mol. The SMILES string of the molecule is CCCCC/C=C\C/C=C\C/C=C\CCCCCCCCCCC(=O)OC1C(OCC(NC(=O)C(O)CCCCCCCCCC/C=C\C/C=C\CCCCC)C(O)/C=C/CCCCCCCCCCCCC)OC(CO)C(O)C1O. The fourth-order valence-corrected chi connectivity index (χ4v) is 10.2. The highest BCUT2D eigenvalue weighted by molar-refractivity contribution is 5.80. The van der Waals surface area contributed by atoms with Gasteiger partial charge in [0.25, 0.3) is 0 Å². The average molecular weight is 1140 g/mol. The van der Waals surface area contributed by atoms with Crippen LogP contribution in [0, 0.1) is 0 Å². The van der Waals surface area contributed by atoms with Crippen LogP contribution in [0.25, 0.3) is 0 Å². The molecule has 0 radical (unpaired) electrons. The molecule has 1 fully saturated rings. The van der Waals surface area contributed by atoms with Gasteiger partial charge in [0.05, 0.1) is 25.4 Å². The van der Waals surface area contributed by atoms with Crippen LogP contribution in [-0.4, -0.2) is 99.6 Å². The fraction of sp³-hybridized carbons (Fsp3) is 0.800. The highest BCUT2D eigenvalue weighted by atomic mass is 16.7. The Morgan fingerprint density at radius 3 is 1.30 bits per heavy atom. The molecule has 1 aliphatic heterocycles. The average Bonchev–Trinajstić information content (AvgIpc) is 3.53. The standard InChI is InChI=1S/C70H125NO10/c1-4-7-10-13-16-19-22-25-27-29-31-32-33-35-37-40-43-46-49-52-55-58-65(75)81-68-67(77)66(76)64(59-72)80-70(68)79-60-61(62(73)56-53-50-47-44-41-38-24-21-18-15-12-9-6-3)71-69(78)63(74)57-54-51-48-45-42-39-36-34-30-28-26-23-20-17-14-11-8-5-2/h16-17,19-20,25-28,31-32,53,56,61-64,66-68,70,72-74,76-77H,4-15,18,21-24,29-30,33-52,54-55,57-60H2,1-3H3,(H,71,78)/b19-16-,20-17-,27-25-,28-26-,32-31-,56-53+. The summed E-state index contributed by atoms with van der Waals surface area (Å²) >= 11 is 0. The van der Waals surface area contributed by atoms with Gasteiger partial charge in [-0.15, -0.1) is 0 Å². The van der Waals surface area contributed by atoms with Crippen LogP contribution < -0.4 is 5.32 Å². The smallest absolute Gasteiger partial charge is 0.306 e. The summed E-state index contributed by atoms with van der Waals surface area (Å²) in [7, 11) is 0. The van der Waals surface area contributed by atoms with Gasteiger partial charge in [0.2, 0.25) is 5.91 Å². The number of aliphatic hydroxyl groups excluding tert-OH is 5. The van der Waals surface area contributed by atoms with Crippen molar-refractivity contribution in [3.05, 3.63) is 72.9 Å². The number of aliphatic hydroxyl groups is 5. The third kappa shape index (κ3) is 45.2. The molecule has 0 aromatic rings. The Kier molecular flexibility index (Phi) is 54.1. The van der Waals surface area contributed by atoms with Gasteiger partial charge in [0.15, 0.2) is 12.4 Å². The van der Waals surface area contributed by atoms with Crippen molar-refractivity contribution in [3.8, 4) is 0 Å². The zero-order valence-corrected chi connectivity index (χ0v) is 52.1. The molecule has 1 rings (SSSR count). The first-order valence-electron chi connectivity index (χ1n) is 33.7. The zero-order valence-electron chi connectivity index (χ0n) is 52.1. The number of unbranched alkanes of at least 4 members (excludes halogenated alkanes) is 33. The van der Waals surface area contributed by atoms with Crippen LogP contribution in [0.5, 0.6) is 0 Å². The number of carbonyl (C=O) groups is 2. The molecule has 0 aromatic heterocycles. The first-order chi connectivity index (χ1) is 39.7. The van der Waals surface area contributed by atoms with Crippen LogP contribution >= 0.6 is 0 Å². The molecule has 1 saturated heterocycles. The van der Waals surface area contributed by atoms with Gasteiger partial charge >= 0.3 is 5.97 Å². The lowest BCUT2D eigenvalue weighted by atomic mass is 9.99. The van der Waals surface area contributed by atoms with Crippen molar-refractivity contribution in [1.29, 1.82) is 0 Å². The highest BCUT2D eigenvalue weighted by Gasteiger charge is 2.47. The van der Waals surface area contributed by atoms with Crippen LogP contribution in [-0.2, 0) is 23.8 Å². The molecule has 0 saturated carbocycles. The maximum atomic E-state index is 13.5. The summed E-state index contributed by atoms with van der Waals surface area (Å²) in [5.74, 6) is -1.20. The summed E-state index contributed by atoms with van der Waals surface area (Å²) in [6, 6.07) is -1.03. The minimum absolute atomic E-state index is 0.113. The number of carbonyl (C=O) groups excluding carboxylic acids is 2. The van der Waals surface area contributed by atoms with Crippen LogP contribution in [0.4, 0.5) is 0 Å². The summed E-state index contributed by atoms with van der Waals surface area (Å²) < 4.78 is 17.7. The molecule has 470 valence electrons. The largest absolute Gasteiger partial charge is 0.454 e.